The van der Waals surface area contributed by atoms with Gasteiger partial charge in [-0.15, -0.1) is 0 Å². The molecule has 0 amide bonds. The van der Waals surface area contributed by atoms with Crippen molar-refractivity contribution in [2.45, 2.75) is 0 Å². The first-order valence-corrected chi connectivity index (χ1v) is 2.29. The van der Waals surface area contributed by atoms with Crippen molar-refractivity contribution < 1.29 is 6.80 Å². The summed E-state index contributed by atoms with van der Waals surface area (Å²) in [5.74, 6) is 0. The van der Waals surface area contributed by atoms with Crippen LogP contribution in [0, 0.1) is 0 Å². The molecule has 0 atom stereocenters. The molecule has 0 fully saturated rings. The molecule has 0 bridgehead atoms. The number of hydrogen-bond acceptors (Lipinski definition) is 2. The fourth-order valence-corrected chi connectivity index (χ4v) is 0. The summed E-state index contributed by atoms with van der Waals surface area (Å²) in [4.78, 5) is 0. The summed E-state index contributed by atoms with van der Waals surface area (Å²) in [6.45, 7) is 0. The van der Waals surface area contributed by atoms with Crippen molar-refractivity contribution in [3.63, 3.8) is 0 Å². The molecule has 0 aliphatic heterocycles. The van der Waals surface area contributed by atoms with E-state index in [0.717, 1.165) is 16.5 Å². The number of hydrogen-bond donors (Lipinski definition) is 0. The average Bonchev–Trinajstić information content (AvgIpc) is 1.50. The van der Waals surface area contributed by atoms with Gasteiger partial charge < -0.3 is 0 Å². The molecule has 0 unspecified atom stereocenters. The Kier molecular flexibility index (Phi) is 83.5. The molecule has 0 heterocycles. The molecular weight excluding hydrogens is 226 g/mol. The Morgan fingerprint density at radius 2 is 1.25 bits per heavy atom. The van der Waals surface area contributed by atoms with Crippen LogP contribution in [0.5, 0.6) is 0 Å². The van der Waals surface area contributed by atoms with Crippen molar-refractivity contribution in [1.82, 2.24) is 0 Å². The molecule has 0 aromatic rings. The summed E-state index contributed by atoms with van der Waals surface area (Å²) in [7, 11) is 0. The minimum atomic E-state index is 0.500. The molecule has 2 nitrogen and oxygen atoms in total. The third kappa shape index (κ3) is 12.3. The molecule has 4 heavy (non-hydrogen) atoms. The van der Waals surface area contributed by atoms with Gasteiger partial charge in [-0.2, -0.15) is 0 Å². The summed E-state index contributed by atoms with van der Waals surface area (Å²) in [6.07, 6.45) is 0. The second-order valence-corrected chi connectivity index (χ2v) is 0. The van der Waals surface area contributed by atoms with E-state index < -0.39 is 0 Å². The van der Waals surface area contributed by atoms with Gasteiger partial charge in [-0.05, 0) is 0 Å². The fourth-order valence-electron chi connectivity index (χ4n) is 0. The summed E-state index contributed by atoms with van der Waals surface area (Å²) < 4.78 is 16.6. The van der Waals surface area contributed by atoms with Crippen molar-refractivity contribution in [3.05, 3.63) is 0 Å². The van der Waals surface area contributed by atoms with Gasteiger partial charge in [0.25, 0.3) is 0 Å². The normalized spacial score (nSPS) is 2.00. The molecule has 0 aliphatic carbocycles. The Bertz CT molecular complexity index is 8.00. The van der Waals surface area contributed by atoms with Gasteiger partial charge in [0.15, 0.2) is 0 Å². The van der Waals surface area contributed by atoms with E-state index in [2.05, 4.69) is 0 Å². The quantitative estimate of drug-likeness (QED) is 0.497. The van der Waals surface area contributed by atoms with Crippen LogP contribution in [0.2, 0.25) is 0 Å². The van der Waals surface area contributed by atoms with Gasteiger partial charge in [0, 0.05) is 0 Å². The SMILES string of the molecule is [O]=[Ge].[O]=[Sb]. The van der Waals surface area contributed by atoms with E-state index in [0.29, 0.717) is 23.0 Å². The van der Waals surface area contributed by atoms with Crippen molar-refractivity contribution in [1.29, 1.82) is 0 Å². The molecule has 3 radical (unpaired) electrons. The topological polar surface area (TPSA) is 34.1 Å². The summed E-state index contributed by atoms with van der Waals surface area (Å²) in [6, 6.07) is 0. The molecular formula is GeO2Sb. The predicted molar refractivity (Wildman–Crippen MR) is 12.9 cm³/mol. The maximum absolute atomic E-state index is 8.30. The fraction of sp³-hybridized carbons (Fsp3) is 0. The molecule has 0 aromatic carbocycles. The van der Waals surface area contributed by atoms with Gasteiger partial charge in [0.05, 0.1) is 0 Å². The monoisotopic (exact) mass is 227 g/mol. The Labute approximate surface area is 46.3 Å². The van der Waals surface area contributed by atoms with Crippen LogP contribution in [-0.2, 0) is 6.80 Å². The predicted octanol–water partition coefficient (Wildman–Crippen LogP) is -0.999. The molecule has 0 spiro atoms. The molecule has 4 heteroatoms. The third-order valence-corrected chi connectivity index (χ3v) is 0. The zero-order chi connectivity index (χ0) is 4.00. The molecule has 0 aromatic heterocycles. The van der Waals surface area contributed by atoms with E-state index in [1.54, 1.807) is 0 Å². The summed E-state index contributed by atoms with van der Waals surface area (Å²) in [5, 5.41) is 0. The van der Waals surface area contributed by atoms with E-state index in [1.165, 1.54) is 0 Å². The Morgan fingerprint density at radius 3 is 1.25 bits per heavy atom. The summed E-state index contributed by atoms with van der Waals surface area (Å²) in [5.41, 5.74) is 0. The standard InChI is InChI=1S/GeO.O.Sb/c1-2;;. The van der Waals surface area contributed by atoms with Gasteiger partial charge in [0.2, 0.25) is 0 Å². The van der Waals surface area contributed by atoms with Crippen LogP contribution in [0.3, 0.4) is 0 Å². The Hall–Kier alpha value is 0.961. The Balaban J connectivity index is 0. The first kappa shape index (κ1) is 8.88. The van der Waals surface area contributed by atoms with Crippen LogP contribution in [0.1, 0.15) is 0 Å². The molecule has 0 saturated carbocycles. The van der Waals surface area contributed by atoms with Crippen LogP contribution in [0.15, 0.2) is 0 Å². The molecule has 0 aliphatic rings. The van der Waals surface area contributed by atoms with Crippen LogP contribution < -0.4 is 0 Å². The van der Waals surface area contributed by atoms with E-state index in [1.807, 2.05) is 0 Å². The maximum atomic E-state index is 8.30. The zero-order valence-electron chi connectivity index (χ0n) is 1.76. The van der Waals surface area contributed by atoms with Gasteiger partial charge in [-0.1, -0.05) is 0 Å². The first-order valence-electron chi connectivity index (χ1n) is 0.387. The molecule has 21 valence electrons. The van der Waals surface area contributed by atoms with Gasteiger partial charge in [0.1, 0.15) is 0 Å². The van der Waals surface area contributed by atoms with Crippen LogP contribution in [0.25, 0.3) is 0 Å². The third-order valence-electron chi connectivity index (χ3n) is 0. The van der Waals surface area contributed by atoms with Crippen molar-refractivity contribution in [3.8, 4) is 0 Å². The second kappa shape index (κ2) is 37.6. The van der Waals surface area contributed by atoms with Crippen molar-refractivity contribution in [2.75, 3.05) is 0 Å². The van der Waals surface area contributed by atoms with Gasteiger partial charge in [-0.25, -0.2) is 0 Å². The zero-order valence-corrected chi connectivity index (χ0v) is 6.41. The average molecular weight is 226 g/mol. The Morgan fingerprint density at radius 1 is 1.25 bits per heavy atom. The van der Waals surface area contributed by atoms with Crippen LogP contribution in [0.4, 0.5) is 0 Å². The molecule has 0 saturated heterocycles. The minimum absolute atomic E-state index is 0.500. The summed E-state index contributed by atoms with van der Waals surface area (Å²) >= 11 is 1.25. The van der Waals surface area contributed by atoms with E-state index >= 15 is 0 Å². The van der Waals surface area contributed by atoms with E-state index in [-0.39, 0.29) is 0 Å². The number of rotatable bonds is 0. The van der Waals surface area contributed by atoms with E-state index in [4.69, 9.17) is 6.80 Å². The van der Waals surface area contributed by atoms with Gasteiger partial charge >= 0.3 is 46.3 Å². The van der Waals surface area contributed by atoms with Crippen molar-refractivity contribution in [2.24, 2.45) is 0 Å². The second-order valence-electron chi connectivity index (χ2n) is 0. The first-order chi connectivity index (χ1) is 2.00. The van der Waals surface area contributed by atoms with E-state index in [9.17, 15) is 0 Å². The van der Waals surface area contributed by atoms with Crippen molar-refractivity contribution >= 4 is 39.5 Å². The molecule has 0 N–H and O–H groups in total. The molecule has 0 rings (SSSR count). The van der Waals surface area contributed by atoms with Gasteiger partial charge in [-0.3, -0.25) is 0 Å². The van der Waals surface area contributed by atoms with Crippen LogP contribution >= 0.6 is 0 Å². The van der Waals surface area contributed by atoms with Crippen LogP contribution in [-0.4, -0.2) is 39.5 Å².